The lowest BCUT2D eigenvalue weighted by atomic mass is 10.2. The quantitative estimate of drug-likeness (QED) is 0.819. The molecule has 0 bridgehead atoms. The van der Waals surface area contributed by atoms with Gasteiger partial charge in [-0.05, 0) is 24.3 Å². The minimum absolute atomic E-state index is 0.0739. The zero-order valence-electron chi connectivity index (χ0n) is 11.1. The molecule has 5 heteroatoms. The fourth-order valence-corrected chi connectivity index (χ4v) is 1.63. The average molecular weight is 272 g/mol. The van der Waals surface area contributed by atoms with Crippen LogP contribution in [0.2, 0.25) is 0 Å². The molecule has 0 spiro atoms. The fraction of sp³-hybridized carbons (Fsp3) is 0.133. The summed E-state index contributed by atoms with van der Waals surface area (Å²) in [5.41, 5.74) is 6.79. The number of carbonyl (C=O) groups excluding carboxylic acids is 1. The third-order valence-electron chi connectivity index (χ3n) is 2.65. The number of rotatable bonds is 5. The normalized spacial score (nSPS) is 9.85. The monoisotopic (exact) mass is 272 g/mol. The molecule has 0 heterocycles. The summed E-state index contributed by atoms with van der Waals surface area (Å²) in [6.07, 6.45) is 0. The highest BCUT2D eigenvalue weighted by atomic mass is 16.5. The first-order valence-corrected chi connectivity index (χ1v) is 6.10. The van der Waals surface area contributed by atoms with Crippen LogP contribution in [0, 0.1) is 0 Å². The standard InChI is InChI=1S/C15H16N2O3/c1-19-12-7-8-14(13(16)9-12)17-15(18)10-20-11-5-3-2-4-6-11/h2-9H,10,16H2,1H3,(H,17,18). The van der Waals surface area contributed by atoms with Gasteiger partial charge in [-0.1, -0.05) is 18.2 Å². The molecule has 5 nitrogen and oxygen atoms in total. The van der Waals surface area contributed by atoms with Gasteiger partial charge >= 0.3 is 0 Å². The first kappa shape index (κ1) is 13.7. The third kappa shape index (κ3) is 3.65. The number of anilines is 2. The summed E-state index contributed by atoms with van der Waals surface area (Å²) >= 11 is 0. The van der Waals surface area contributed by atoms with E-state index in [1.807, 2.05) is 18.2 Å². The van der Waals surface area contributed by atoms with Crippen LogP contribution >= 0.6 is 0 Å². The number of hydrogen-bond acceptors (Lipinski definition) is 4. The van der Waals surface area contributed by atoms with Crippen LogP contribution in [0.1, 0.15) is 0 Å². The van der Waals surface area contributed by atoms with Gasteiger partial charge in [0.05, 0.1) is 18.5 Å². The molecule has 0 aromatic heterocycles. The largest absolute Gasteiger partial charge is 0.497 e. The SMILES string of the molecule is COc1ccc(NC(=O)COc2ccccc2)c(N)c1. The number of nitrogen functional groups attached to an aromatic ring is 1. The molecular weight excluding hydrogens is 256 g/mol. The summed E-state index contributed by atoms with van der Waals surface area (Å²) in [7, 11) is 1.56. The van der Waals surface area contributed by atoms with Crippen molar-refractivity contribution < 1.29 is 14.3 Å². The molecule has 0 fully saturated rings. The zero-order chi connectivity index (χ0) is 14.4. The second-order valence-corrected chi connectivity index (χ2v) is 4.10. The van der Waals surface area contributed by atoms with Crippen molar-refractivity contribution in [2.75, 3.05) is 24.8 Å². The van der Waals surface area contributed by atoms with E-state index in [1.165, 1.54) is 0 Å². The van der Waals surface area contributed by atoms with Gasteiger partial charge in [-0.15, -0.1) is 0 Å². The van der Waals surface area contributed by atoms with Crippen molar-refractivity contribution in [3.8, 4) is 11.5 Å². The number of benzene rings is 2. The van der Waals surface area contributed by atoms with Crippen molar-refractivity contribution in [3.05, 3.63) is 48.5 Å². The first-order chi connectivity index (χ1) is 9.69. The highest BCUT2D eigenvalue weighted by Crippen LogP contribution is 2.23. The molecule has 0 aliphatic heterocycles. The molecule has 1 amide bonds. The molecule has 0 saturated heterocycles. The van der Waals surface area contributed by atoms with E-state index in [9.17, 15) is 4.79 Å². The molecule has 0 radical (unpaired) electrons. The van der Waals surface area contributed by atoms with E-state index >= 15 is 0 Å². The Morgan fingerprint density at radius 3 is 2.55 bits per heavy atom. The number of methoxy groups -OCH3 is 1. The maximum absolute atomic E-state index is 11.8. The molecule has 2 aromatic rings. The second kappa shape index (κ2) is 6.47. The maximum Gasteiger partial charge on any atom is 0.262 e. The summed E-state index contributed by atoms with van der Waals surface area (Å²) in [6.45, 7) is -0.0739. The minimum Gasteiger partial charge on any atom is -0.497 e. The zero-order valence-corrected chi connectivity index (χ0v) is 11.1. The Morgan fingerprint density at radius 1 is 1.15 bits per heavy atom. The number of para-hydroxylation sites is 1. The summed E-state index contributed by atoms with van der Waals surface area (Å²) in [4.78, 5) is 11.8. The van der Waals surface area contributed by atoms with Gasteiger partial charge in [0.1, 0.15) is 11.5 Å². The maximum atomic E-state index is 11.8. The van der Waals surface area contributed by atoms with E-state index in [4.69, 9.17) is 15.2 Å². The van der Waals surface area contributed by atoms with Gasteiger partial charge in [-0.25, -0.2) is 0 Å². The number of carbonyl (C=O) groups is 1. The van der Waals surface area contributed by atoms with Crippen LogP contribution in [0.25, 0.3) is 0 Å². The van der Waals surface area contributed by atoms with E-state index in [0.717, 1.165) is 0 Å². The highest BCUT2D eigenvalue weighted by Gasteiger charge is 2.07. The Kier molecular flexibility index (Phi) is 4.44. The van der Waals surface area contributed by atoms with Crippen LogP contribution in [0.4, 0.5) is 11.4 Å². The smallest absolute Gasteiger partial charge is 0.262 e. The van der Waals surface area contributed by atoms with E-state index in [0.29, 0.717) is 22.9 Å². The number of hydrogen-bond donors (Lipinski definition) is 2. The van der Waals surface area contributed by atoms with Crippen LogP contribution in [-0.4, -0.2) is 19.6 Å². The van der Waals surface area contributed by atoms with Gasteiger partial charge in [-0.2, -0.15) is 0 Å². The van der Waals surface area contributed by atoms with Crippen LogP contribution in [0.3, 0.4) is 0 Å². The Bertz CT molecular complexity index is 585. The molecule has 0 saturated carbocycles. The molecule has 104 valence electrons. The molecule has 20 heavy (non-hydrogen) atoms. The van der Waals surface area contributed by atoms with Crippen molar-refractivity contribution in [3.63, 3.8) is 0 Å². The number of ether oxygens (including phenoxy) is 2. The molecule has 2 aromatic carbocycles. The van der Waals surface area contributed by atoms with Gasteiger partial charge in [-0.3, -0.25) is 4.79 Å². The molecule has 2 rings (SSSR count). The third-order valence-corrected chi connectivity index (χ3v) is 2.65. The molecule has 0 aliphatic rings. The van der Waals surface area contributed by atoms with E-state index in [1.54, 1.807) is 37.4 Å². The topological polar surface area (TPSA) is 73.6 Å². The van der Waals surface area contributed by atoms with Crippen LogP contribution in [0.15, 0.2) is 48.5 Å². The Balaban J connectivity index is 1.91. The summed E-state index contributed by atoms with van der Waals surface area (Å²) in [5.74, 6) is 1.01. The second-order valence-electron chi connectivity index (χ2n) is 4.10. The summed E-state index contributed by atoms with van der Waals surface area (Å²) in [6, 6.07) is 14.2. The van der Waals surface area contributed by atoms with Crippen molar-refractivity contribution in [1.82, 2.24) is 0 Å². The Morgan fingerprint density at radius 2 is 1.90 bits per heavy atom. The predicted molar refractivity (Wildman–Crippen MR) is 78.0 cm³/mol. The van der Waals surface area contributed by atoms with E-state index in [2.05, 4.69) is 5.32 Å². The van der Waals surface area contributed by atoms with Crippen LogP contribution in [-0.2, 0) is 4.79 Å². The van der Waals surface area contributed by atoms with Gasteiger partial charge in [0.25, 0.3) is 5.91 Å². The summed E-state index contributed by atoms with van der Waals surface area (Å²) < 4.78 is 10.4. The number of nitrogens with two attached hydrogens (primary N) is 1. The fourth-order valence-electron chi connectivity index (χ4n) is 1.63. The lowest BCUT2D eigenvalue weighted by Gasteiger charge is -2.10. The molecule has 0 unspecified atom stereocenters. The van der Waals surface area contributed by atoms with Crippen LogP contribution in [0.5, 0.6) is 11.5 Å². The Labute approximate surface area is 117 Å². The van der Waals surface area contributed by atoms with Crippen molar-refractivity contribution in [2.45, 2.75) is 0 Å². The lowest BCUT2D eigenvalue weighted by Crippen LogP contribution is -2.20. The molecule has 0 aliphatic carbocycles. The van der Waals surface area contributed by atoms with Gasteiger partial charge in [0.2, 0.25) is 0 Å². The first-order valence-electron chi connectivity index (χ1n) is 6.10. The van der Waals surface area contributed by atoms with E-state index in [-0.39, 0.29) is 12.5 Å². The van der Waals surface area contributed by atoms with Gasteiger partial charge in [0.15, 0.2) is 6.61 Å². The molecule has 0 atom stereocenters. The average Bonchev–Trinajstić information content (AvgIpc) is 2.48. The molecular formula is C15H16N2O3. The highest BCUT2D eigenvalue weighted by molar-refractivity contribution is 5.94. The predicted octanol–water partition coefficient (Wildman–Crippen LogP) is 2.29. The number of amides is 1. The minimum atomic E-state index is -0.272. The van der Waals surface area contributed by atoms with Crippen molar-refractivity contribution >= 4 is 17.3 Å². The van der Waals surface area contributed by atoms with Crippen LogP contribution < -0.4 is 20.5 Å². The number of nitrogens with one attached hydrogen (secondary N) is 1. The van der Waals surface area contributed by atoms with Crippen molar-refractivity contribution in [2.24, 2.45) is 0 Å². The summed E-state index contributed by atoms with van der Waals surface area (Å²) in [5, 5.41) is 2.69. The van der Waals surface area contributed by atoms with Gasteiger partial charge < -0.3 is 20.5 Å². The lowest BCUT2D eigenvalue weighted by molar-refractivity contribution is -0.118. The van der Waals surface area contributed by atoms with E-state index < -0.39 is 0 Å². The van der Waals surface area contributed by atoms with Crippen molar-refractivity contribution in [1.29, 1.82) is 0 Å². The molecule has 3 N–H and O–H groups in total. The Hall–Kier alpha value is -2.69. The van der Waals surface area contributed by atoms with Gasteiger partial charge in [0, 0.05) is 6.07 Å².